The van der Waals surface area contributed by atoms with Crippen molar-refractivity contribution in [3.8, 4) is 11.3 Å². The molecule has 0 radical (unpaired) electrons. The number of nitrogens with zero attached hydrogens (tertiary/aromatic N) is 3. The summed E-state index contributed by atoms with van der Waals surface area (Å²) in [5, 5.41) is 4.25. The van der Waals surface area contributed by atoms with Gasteiger partial charge in [0, 0.05) is 5.56 Å². The maximum atomic E-state index is 12.5. The minimum absolute atomic E-state index is 0.219. The van der Waals surface area contributed by atoms with Crippen LogP contribution in [0.3, 0.4) is 0 Å². The minimum Gasteiger partial charge on any atom is -0.236 e. The molecule has 102 valence electrons. The molecule has 0 bridgehead atoms. The molecule has 0 saturated heterocycles. The van der Waals surface area contributed by atoms with Crippen molar-refractivity contribution in [1.82, 2.24) is 14.6 Å². The van der Waals surface area contributed by atoms with Crippen LogP contribution in [0.4, 0.5) is 13.2 Å². The maximum absolute atomic E-state index is 12.5. The monoisotopic (exact) mass is 297 g/mol. The molecule has 3 rings (SSSR count). The average molecular weight is 298 g/mol. The fraction of sp³-hybridized carbons (Fsp3) is 0.0769. The Labute approximate surface area is 116 Å². The second-order valence-corrected chi connectivity index (χ2v) is 4.54. The maximum Gasteiger partial charge on any atom is 0.416 e. The lowest BCUT2D eigenvalue weighted by Crippen LogP contribution is -2.04. The van der Waals surface area contributed by atoms with E-state index in [0.717, 1.165) is 12.1 Å². The molecular weight excluding hydrogens is 291 g/mol. The fourth-order valence-corrected chi connectivity index (χ4v) is 2.10. The number of halogens is 4. The van der Waals surface area contributed by atoms with Crippen molar-refractivity contribution in [3.05, 3.63) is 53.4 Å². The lowest BCUT2D eigenvalue weighted by Gasteiger charge is -2.08. The first-order valence-corrected chi connectivity index (χ1v) is 6.00. The summed E-state index contributed by atoms with van der Waals surface area (Å²) < 4.78 is 39.1. The van der Waals surface area contributed by atoms with Crippen LogP contribution < -0.4 is 0 Å². The Balaban J connectivity index is 2.14. The number of rotatable bonds is 1. The van der Waals surface area contributed by atoms with Gasteiger partial charge in [-0.25, -0.2) is 9.50 Å². The molecule has 3 nitrogen and oxygen atoms in total. The molecule has 7 heteroatoms. The highest BCUT2D eigenvalue weighted by Gasteiger charge is 2.30. The van der Waals surface area contributed by atoms with Gasteiger partial charge in [-0.05, 0) is 18.2 Å². The zero-order valence-electron chi connectivity index (χ0n) is 9.89. The molecule has 0 N–H and O–H groups in total. The Morgan fingerprint density at radius 1 is 1.05 bits per heavy atom. The number of hydrogen-bond donors (Lipinski definition) is 0. The first kappa shape index (κ1) is 12.9. The summed E-state index contributed by atoms with van der Waals surface area (Å²) in [5.41, 5.74) is 1.01. The predicted molar refractivity (Wildman–Crippen MR) is 68.4 cm³/mol. The van der Waals surface area contributed by atoms with Crippen molar-refractivity contribution in [2.45, 2.75) is 6.18 Å². The molecule has 2 heterocycles. The molecule has 0 atom stereocenters. The molecule has 0 aliphatic heterocycles. The van der Waals surface area contributed by atoms with Crippen LogP contribution >= 0.6 is 11.6 Å². The Kier molecular flexibility index (Phi) is 2.90. The second kappa shape index (κ2) is 4.49. The van der Waals surface area contributed by atoms with E-state index in [4.69, 9.17) is 11.6 Å². The first-order valence-electron chi connectivity index (χ1n) is 5.63. The van der Waals surface area contributed by atoms with Crippen molar-refractivity contribution in [3.63, 3.8) is 0 Å². The van der Waals surface area contributed by atoms with Crippen LogP contribution in [0, 0.1) is 0 Å². The van der Waals surface area contributed by atoms with Gasteiger partial charge in [0.1, 0.15) is 5.15 Å². The third kappa shape index (κ3) is 2.22. The van der Waals surface area contributed by atoms with Gasteiger partial charge in [-0.3, -0.25) is 0 Å². The normalized spacial score (nSPS) is 12.0. The summed E-state index contributed by atoms with van der Waals surface area (Å²) in [4.78, 5) is 4.16. The third-order valence-electron chi connectivity index (χ3n) is 2.85. The molecule has 0 amide bonds. The summed E-state index contributed by atoms with van der Waals surface area (Å²) in [5.74, 6) is 0. The highest BCUT2D eigenvalue weighted by Crippen LogP contribution is 2.31. The standard InChI is InChI=1S/C13H7ClF3N3/c14-11-7-20-10(5-6-18-20)12(19-11)8-1-3-9(4-2-8)13(15,16)17/h1-7H. The van der Waals surface area contributed by atoms with E-state index in [0.29, 0.717) is 16.8 Å². The van der Waals surface area contributed by atoms with Gasteiger partial charge in [0.2, 0.25) is 0 Å². The van der Waals surface area contributed by atoms with Gasteiger partial charge in [0.25, 0.3) is 0 Å². The van der Waals surface area contributed by atoms with E-state index in [1.807, 2.05) is 0 Å². The van der Waals surface area contributed by atoms with Gasteiger partial charge in [-0.2, -0.15) is 18.3 Å². The van der Waals surface area contributed by atoms with Crippen LogP contribution in [-0.2, 0) is 6.18 Å². The second-order valence-electron chi connectivity index (χ2n) is 4.15. The zero-order chi connectivity index (χ0) is 14.3. The van der Waals surface area contributed by atoms with E-state index in [9.17, 15) is 13.2 Å². The summed E-state index contributed by atoms with van der Waals surface area (Å²) in [7, 11) is 0. The molecule has 2 aromatic heterocycles. The van der Waals surface area contributed by atoms with E-state index >= 15 is 0 Å². The quantitative estimate of drug-likeness (QED) is 0.678. The SMILES string of the molecule is FC(F)(F)c1ccc(-c2nc(Cl)cn3nccc23)cc1. The van der Waals surface area contributed by atoms with Crippen molar-refractivity contribution in [2.75, 3.05) is 0 Å². The van der Waals surface area contributed by atoms with Gasteiger partial charge in [0.05, 0.1) is 29.2 Å². The predicted octanol–water partition coefficient (Wildman–Crippen LogP) is 4.07. The van der Waals surface area contributed by atoms with Crippen LogP contribution in [0.2, 0.25) is 5.15 Å². The summed E-state index contributed by atoms with van der Waals surface area (Å²) in [6, 6.07) is 6.49. The Hall–Kier alpha value is -2.08. The topological polar surface area (TPSA) is 30.2 Å². The van der Waals surface area contributed by atoms with Gasteiger partial charge in [-0.1, -0.05) is 23.7 Å². The van der Waals surface area contributed by atoms with E-state index < -0.39 is 11.7 Å². The summed E-state index contributed by atoms with van der Waals surface area (Å²) in [6.45, 7) is 0. The number of fused-ring (bicyclic) bond motifs is 1. The number of benzene rings is 1. The summed E-state index contributed by atoms with van der Waals surface area (Å²) in [6.07, 6.45) is -1.25. The number of aromatic nitrogens is 3. The molecule has 20 heavy (non-hydrogen) atoms. The van der Waals surface area contributed by atoms with Gasteiger partial charge in [-0.15, -0.1) is 0 Å². The van der Waals surface area contributed by atoms with Crippen LogP contribution in [0.1, 0.15) is 5.56 Å². The lowest BCUT2D eigenvalue weighted by atomic mass is 10.1. The van der Waals surface area contributed by atoms with Gasteiger partial charge >= 0.3 is 6.18 Å². The highest BCUT2D eigenvalue weighted by molar-refractivity contribution is 6.29. The molecule has 0 aliphatic carbocycles. The minimum atomic E-state index is -4.35. The molecule has 0 fully saturated rings. The van der Waals surface area contributed by atoms with Gasteiger partial charge in [0.15, 0.2) is 0 Å². The van der Waals surface area contributed by atoms with Crippen molar-refractivity contribution in [1.29, 1.82) is 0 Å². The summed E-state index contributed by atoms with van der Waals surface area (Å²) >= 11 is 5.88. The van der Waals surface area contributed by atoms with E-state index in [1.165, 1.54) is 22.8 Å². The van der Waals surface area contributed by atoms with E-state index in [-0.39, 0.29) is 5.15 Å². The molecule has 0 unspecified atom stereocenters. The van der Waals surface area contributed by atoms with Crippen molar-refractivity contribution in [2.24, 2.45) is 0 Å². The smallest absolute Gasteiger partial charge is 0.236 e. The van der Waals surface area contributed by atoms with Crippen LogP contribution in [0.15, 0.2) is 42.7 Å². The Bertz CT molecular complexity index is 763. The highest BCUT2D eigenvalue weighted by atomic mass is 35.5. The van der Waals surface area contributed by atoms with E-state index in [2.05, 4.69) is 10.1 Å². The molecule has 0 aliphatic rings. The molecule has 1 aromatic carbocycles. The fourth-order valence-electron chi connectivity index (χ4n) is 1.93. The van der Waals surface area contributed by atoms with E-state index in [1.54, 1.807) is 12.3 Å². The lowest BCUT2D eigenvalue weighted by molar-refractivity contribution is -0.137. The average Bonchev–Trinajstić information content (AvgIpc) is 2.85. The third-order valence-corrected chi connectivity index (χ3v) is 3.03. The van der Waals surface area contributed by atoms with Gasteiger partial charge < -0.3 is 0 Å². The van der Waals surface area contributed by atoms with Crippen LogP contribution in [0.5, 0.6) is 0 Å². The molecule has 0 saturated carbocycles. The van der Waals surface area contributed by atoms with Crippen LogP contribution in [0.25, 0.3) is 16.8 Å². The Morgan fingerprint density at radius 2 is 1.75 bits per heavy atom. The number of hydrogen-bond acceptors (Lipinski definition) is 2. The van der Waals surface area contributed by atoms with Crippen LogP contribution in [-0.4, -0.2) is 14.6 Å². The first-order chi connectivity index (χ1) is 9.45. The Morgan fingerprint density at radius 3 is 2.40 bits per heavy atom. The largest absolute Gasteiger partial charge is 0.416 e. The molecule has 0 spiro atoms. The van der Waals surface area contributed by atoms with Crippen molar-refractivity contribution >= 4 is 17.1 Å². The zero-order valence-corrected chi connectivity index (χ0v) is 10.7. The van der Waals surface area contributed by atoms with Crippen molar-refractivity contribution < 1.29 is 13.2 Å². The number of alkyl halides is 3. The molecule has 3 aromatic rings. The molecular formula is C13H7ClF3N3.